The molecule has 3 nitrogen and oxygen atoms in total. The van der Waals surface area contributed by atoms with Gasteiger partial charge in [-0.2, -0.15) is 13.2 Å². The number of pyridine rings is 1. The van der Waals surface area contributed by atoms with Crippen molar-refractivity contribution < 1.29 is 13.2 Å². The van der Waals surface area contributed by atoms with Crippen LogP contribution in [0.15, 0.2) is 41.3 Å². The molecule has 0 amide bonds. The third-order valence-corrected chi connectivity index (χ3v) is 3.00. The monoisotopic (exact) mass is 282 g/mol. The van der Waals surface area contributed by atoms with Gasteiger partial charge in [0.05, 0.1) is 5.56 Å². The molecule has 0 atom stereocenters. The van der Waals surface area contributed by atoms with Gasteiger partial charge < -0.3 is 9.88 Å². The molecule has 0 saturated heterocycles. The lowest BCUT2D eigenvalue weighted by atomic mass is 10.2. The van der Waals surface area contributed by atoms with E-state index in [2.05, 4.69) is 5.32 Å². The highest BCUT2D eigenvalue weighted by atomic mass is 19.4. The van der Waals surface area contributed by atoms with E-state index in [1.165, 1.54) is 16.7 Å². The van der Waals surface area contributed by atoms with Gasteiger partial charge in [-0.1, -0.05) is 0 Å². The molecule has 0 bridgehead atoms. The highest BCUT2D eigenvalue weighted by Crippen LogP contribution is 2.30. The van der Waals surface area contributed by atoms with Gasteiger partial charge in [0, 0.05) is 30.2 Å². The smallest absolute Gasteiger partial charge is 0.355 e. The number of halogens is 3. The molecule has 0 saturated carbocycles. The second kappa shape index (κ2) is 5.03. The number of nitrogens with one attached hydrogen (secondary N) is 1. The molecule has 106 valence electrons. The minimum Gasteiger partial charge on any atom is -0.355 e. The van der Waals surface area contributed by atoms with Crippen molar-refractivity contribution in [2.75, 3.05) is 5.32 Å². The maximum atomic E-state index is 12.4. The lowest BCUT2D eigenvalue weighted by molar-refractivity contribution is -0.137. The summed E-state index contributed by atoms with van der Waals surface area (Å²) in [5.74, 6) is 0. The fraction of sp³-hybridized carbons (Fsp3) is 0.214. The van der Waals surface area contributed by atoms with Crippen LogP contribution in [0.3, 0.4) is 0 Å². The van der Waals surface area contributed by atoms with E-state index >= 15 is 0 Å². The molecule has 0 aliphatic heterocycles. The van der Waals surface area contributed by atoms with Crippen molar-refractivity contribution in [1.29, 1.82) is 0 Å². The van der Waals surface area contributed by atoms with E-state index in [-0.39, 0.29) is 5.56 Å². The summed E-state index contributed by atoms with van der Waals surface area (Å²) in [5, 5.41) is 2.94. The van der Waals surface area contributed by atoms with E-state index < -0.39 is 11.7 Å². The van der Waals surface area contributed by atoms with Crippen molar-refractivity contribution in [3.8, 4) is 0 Å². The summed E-state index contributed by atoms with van der Waals surface area (Å²) in [6.45, 7) is 1.66. The maximum absolute atomic E-state index is 12.4. The molecule has 1 N–H and O–H groups in total. The second-order valence-corrected chi connectivity index (χ2v) is 4.47. The fourth-order valence-electron chi connectivity index (χ4n) is 1.79. The summed E-state index contributed by atoms with van der Waals surface area (Å²) in [5.41, 5.74) is 0.725. The second-order valence-electron chi connectivity index (χ2n) is 4.47. The standard InChI is InChI=1S/C14H13F3N2O/c1-9-12(7-8-19(2)13(9)20)18-11-5-3-10(4-6-11)14(15,16)17/h3-8,18H,1-2H3. The minimum absolute atomic E-state index is 0.151. The fourth-order valence-corrected chi connectivity index (χ4v) is 1.79. The number of alkyl halides is 3. The molecule has 20 heavy (non-hydrogen) atoms. The number of benzene rings is 1. The molecule has 0 aliphatic rings. The van der Waals surface area contributed by atoms with E-state index in [0.29, 0.717) is 16.9 Å². The average Bonchev–Trinajstić information content (AvgIpc) is 2.39. The Morgan fingerprint density at radius 3 is 2.25 bits per heavy atom. The van der Waals surface area contributed by atoms with E-state index in [9.17, 15) is 18.0 Å². The number of hydrogen-bond acceptors (Lipinski definition) is 2. The highest BCUT2D eigenvalue weighted by molar-refractivity contribution is 5.62. The largest absolute Gasteiger partial charge is 0.416 e. The first-order chi connectivity index (χ1) is 9.29. The average molecular weight is 282 g/mol. The van der Waals surface area contributed by atoms with E-state index in [0.717, 1.165) is 12.1 Å². The molecule has 0 aliphatic carbocycles. The summed E-state index contributed by atoms with van der Waals surface area (Å²) in [6.07, 6.45) is -2.75. The van der Waals surface area contributed by atoms with Crippen LogP contribution in [-0.2, 0) is 13.2 Å². The molecular formula is C14H13F3N2O. The van der Waals surface area contributed by atoms with Crippen molar-refractivity contribution in [2.45, 2.75) is 13.1 Å². The molecule has 6 heteroatoms. The van der Waals surface area contributed by atoms with Crippen LogP contribution in [0.5, 0.6) is 0 Å². The maximum Gasteiger partial charge on any atom is 0.416 e. The molecule has 2 rings (SSSR count). The predicted octanol–water partition coefficient (Wildman–Crippen LogP) is 3.46. The van der Waals surface area contributed by atoms with Gasteiger partial charge in [0.15, 0.2) is 0 Å². The van der Waals surface area contributed by atoms with Crippen LogP contribution in [0.2, 0.25) is 0 Å². The van der Waals surface area contributed by atoms with Crippen molar-refractivity contribution in [2.24, 2.45) is 7.05 Å². The Kier molecular flexibility index (Phi) is 3.57. The van der Waals surface area contributed by atoms with E-state index in [4.69, 9.17) is 0 Å². The van der Waals surface area contributed by atoms with Crippen molar-refractivity contribution in [3.63, 3.8) is 0 Å². The topological polar surface area (TPSA) is 34.0 Å². The van der Waals surface area contributed by atoms with Crippen LogP contribution in [0.25, 0.3) is 0 Å². The normalized spacial score (nSPS) is 11.4. The summed E-state index contributed by atoms with van der Waals surface area (Å²) in [6, 6.07) is 6.37. The highest BCUT2D eigenvalue weighted by Gasteiger charge is 2.29. The predicted molar refractivity (Wildman–Crippen MR) is 71.1 cm³/mol. The number of aromatic nitrogens is 1. The van der Waals surface area contributed by atoms with Crippen LogP contribution >= 0.6 is 0 Å². The quantitative estimate of drug-likeness (QED) is 0.915. The zero-order valence-electron chi connectivity index (χ0n) is 11.0. The Labute approximate surface area is 113 Å². The molecule has 0 fully saturated rings. The Morgan fingerprint density at radius 1 is 1.10 bits per heavy atom. The number of hydrogen-bond donors (Lipinski definition) is 1. The molecule has 1 aromatic heterocycles. The van der Waals surface area contributed by atoms with Crippen LogP contribution in [0.1, 0.15) is 11.1 Å². The summed E-state index contributed by atoms with van der Waals surface area (Å²) in [4.78, 5) is 11.7. The summed E-state index contributed by atoms with van der Waals surface area (Å²) < 4.78 is 38.8. The molecule has 1 heterocycles. The third kappa shape index (κ3) is 2.84. The third-order valence-electron chi connectivity index (χ3n) is 3.00. The molecule has 2 aromatic rings. The van der Waals surface area contributed by atoms with Gasteiger partial charge in [-0.25, -0.2) is 0 Å². The number of nitrogens with zero attached hydrogens (tertiary/aromatic N) is 1. The van der Waals surface area contributed by atoms with Crippen LogP contribution in [0.4, 0.5) is 24.5 Å². The van der Waals surface area contributed by atoms with Gasteiger partial charge in [0.25, 0.3) is 5.56 Å². The first-order valence-corrected chi connectivity index (χ1v) is 5.89. The van der Waals surface area contributed by atoms with Crippen molar-refractivity contribution in [1.82, 2.24) is 4.57 Å². The van der Waals surface area contributed by atoms with E-state index in [1.54, 1.807) is 26.2 Å². The zero-order valence-corrected chi connectivity index (χ0v) is 11.0. The zero-order chi connectivity index (χ0) is 14.9. The van der Waals surface area contributed by atoms with Crippen molar-refractivity contribution >= 4 is 11.4 Å². The van der Waals surface area contributed by atoms with Crippen molar-refractivity contribution in [3.05, 3.63) is 58.0 Å². The van der Waals surface area contributed by atoms with Gasteiger partial charge in [0.1, 0.15) is 0 Å². The van der Waals surface area contributed by atoms with Gasteiger partial charge in [0.2, 0.25) is 0 Å². The Morgan fingerprint density at radius 2 is 1.70 bits per heavy atom. The Balaban J connectivity index is 2.27. The van der Waals surface area contributed by atoms with Gasteiger partial charge >= 0.3 is 6.18 Å². The molecular weight excluding hydrogens is 269 g/mol. The van der Waals surface area contributed by atoms with E-state index in [1.807, 2.05) is 0 Å². The summed E-state index contributed by atoms with van der Waals surface area (Å²) >= 11 is 0. The Bertz CT molecular complexity index is 672. The first-order valence-electron chi connectivity index (χ1n) is 5.89. The number of rotatable bonds is 2. The first kappa shape index (κ1) is 14.2. The molecule has 1 aromatic carbocycles. The lowest BCUT2D eigenvalue weighted by Gasteiger charge is -2.11. The summed E-state index contributed by atoms with van der Waals surface area (Å²) in [7, 11) is 1.64. The molecule has 0 unspecified atom stereocenters. The van der Waals surface area contributed by atoms with Gasteiger partial charge in [-0.3, -0.25) is 4.79 Å². The van der Waals surface area contributed by atoms with Crippen LogP contribution in [0, 0.1) is 6.92 Å². The molecule has 0 spiro atoms. The Hall–Kier alpha value is -2.24. The minimum atomic E-state index is -4.35. The van der Waals surface area contributed by atoms with Crippen LogP contribution < -0.4 is 10.9 Å². The van der Waals surface area contributed by atoms with Crippen LogP contribution in [-0.4, -0.2) is 4.57 Å². The van der Waals surface area contributed by atoms with Gasteiger partial charge in [-0.15, -0.1) is 0 Å². The number of aryl methyl sites for hydroxylation is 1. The molecule has 0 radical (unpaired) electrons. The lowest BCUT2D eigenvalue weighted by Crippen LogP contribution is -2.19. The SMILES string of the molecule is Cc1c(Nc2ccc(C(F)(F)F)cc2)ccn(C)c1=O. The number of anilines is 2. The van der Waals surface area contributed by atoms with Gasteiger partial charge in [-0.05, 0) is 37.3 Å².